The summed E-state index contributed by atoms with van der Waals surface area (Å²) in [6.07, 6.45) is 13.0. The smallest absolute Gasteiger partial charge is 0.0110 e. The lowest BCUT2D eigenvalue weighted by molar-refractivity contribution is 0.0539. The minimum Gasteiger partial charge on any atom is -0.320 e. The minimum absolute atomic E-state index is 0.867. The Morgan fingerprint density at radius 3 is 2.78 bits per heavy atom. The number of hydrogen-bond acceptors (Lipinski definition) is 2. The van der Waals surface area contributed by atoms with E-state index in [9.17, 15) is 0 Å². The lowest BCUT2D eigenvalue weighted by Gasteiger charge is -2.44. The van der Waals surface area contributed by atoms with Gasteiger partial charge in [-0.15, -0.1) is 0 Å². The molecule has 3 atom stereocenters. The molecule has 2 aliphatic rings. The van der Waals surface area contributed by atoms with E-state index in [4.69, 9.17) is 0 Å². The van der Waals surface area contributed by atoms with Crippen LogP contribution in [0.1, 0.15) is 64.7 Å². The van der Waals surface area contributed by atoms with Gasteiger partial charge in [-0.25, -0.2) is 0 Å². The molecule has 0 bridgehead atoms. The molecule has 1 aliphatic heterocycles. The fourth-order valence-electron chi connectivity index (χ4n) is 4.06. The molecule has 2 heteroatoms. The van der Waals surface area contributed by atoms with Gasteiger partial charge in [0.05, 0.1) is 0 Å². The third-order valence-corrected chi connectivity index (χ3v) is 5.20. The first-order chi connectivity index (χ1) is 8.85. The highest BCUT2D eigenvalue weighted by Crippen LogP contribution is 2.33. The van der Waals surface area contributed by atoms with Crippen LogP contribution >= 0.6 is 0 Å². The van der Waals surface area contributed by atoms with Crippen molar-refractivity contribution in [3.05, 3.63) is 0 Å². The first-order valence-corrected chi connectivity index (χ1v) is 8.25. The summed E-state index contributed by atoms with van der Waals surface area (Å²) < 4.78 is 0. The van der Waals surface area contributed by atoms with Crippen LogP contribution in [0.2, 0.25) is 0 Å². The number of nitrogens with one attached hydrogen (secondary N) is 1. The Labute approximate surface area is 114 Å². The summed E-state index contributed by atoms with van der Waals surface area (Å²) in [5.41, 5.74) is 0. The molecule has 0 radical (unpaired) electrons. The molecule has 1 N–H and O–H groups in total. The van der Waals surface area contributed by atoms with E-state index in [1.165, 1.54) is 70.9 Å². The van der Waals surface area contributed by atoms with E-state index < -0.39 is 0 Å². The van der Waals surface area contributed by atoms with Crippen molar-refractivity contribution >= 4 is 0 Å². The van der Waals surface area contributed by atoms with Gasteiger partial charge in [-0.05, 0) is 58.2 Å². The number of likely N-dealkylation sites (tertiary alicyclic amines) is 1. The molecule has 2 fully saturated rings. The Hall–Kier alpha value is -0.0800. The molecule has 0 amide bonds. The lowest BCUT2D eigenvalue weighted by Crippen LogP contribution is -2.48. The molecule has 0 aromatic carbocycles. The summed E-state index contributed by atoms with van der Waals surface area (Å²) in [6.45, 7) is 4.93. The van der Waals surface area contributed by atoms with Gasteiger partial charge in [-0.3, -0.25) is 4.90 Å². The molecule has 0 aromatic heterocycles. The molecule has 1 saturated heterocycles. The molecular formula is C16H32N2. The third-order valence-electron chi connectivity index (χ3n) is 5.20. The molecule has 1 saturated carbocycles. The van der Waals surface area contributed by atoms with Gasteiger partial charge in [-0.2, -0.15) is 0 Å². The van der Waals surface area contributed by atoms with Crippen LogP contribution in [0.5, 0.6) is 0 Å². The predicted octanol–water partition coefficient (Wildman–Crippen LogP) is 3.42. The average Bonchev–Trinajstić information content (AvgIpc) is 2.45. The number of rotatable bonds is 5. The van der Waals surface area contributed by atoms with E-state index in [-0.39, 0.29) is 0 Å². The molecule has 2 nitrogen and oxygen atoms in total. The SMILES string of the molecule is CCC1CCCC(N2CCCCC2CCNC)C1. The van der Waals surface area contributed by atoms with Crippen LogP contribution in [-0.4, -0.2) is 37.1 Å². The van der Waals surface area contributed by atoms with Gasteiger partial charge in [0.25, 0.3) is 0 Å². The maximum Gasteiger partial charge on any atom is 0.0110 e. The van der Waals surface area contributed by atoms with Gasteiger partial charge in [0.15, 0.2) is 0 Å². The minimum atomic E-state index is 0.867. The molecular weight excluding hydrogens is 220 g/mol. The van der Waals surface area contributed by atoms with Gasteiger partial charge in [0.2, 0.25) is 0 Å². The van der Waals surface area contributed by atoms with Crippen molar-refractivity contribution in [1.29, 1.82) is 0 Å². The summed E-state index contributed by atoms with van der Waals surface area (Å²) in [5, 5.41) is 3.33. The topological polar surface area (TPSA) is 15.3 Å². The highest BCUT2D eigenvalue weighted by Gasteiger charge is 2.31. The maximum atomic E-state index is 3.33. The molecule has 1 heterocycles. The summed E-state index contributed by atoms with van der Waals surface area (Å²) in [4.78, 5) is 2.89. The standard InChI is InChI=1S/C16H32N2/c1-3-14-7-6-9-16(13-14)18-12-5-4-8-15(18)10-11-17-2/h14-17H,3-13H2,1-2H3. The van der Waals surface area contributed by atoms with Gasteiger partial charge >= 0.3 is 0 Å². The first-order valence-electron chi connectivity index (χ1n) is 8.25. The van der Waals surface area contributed by atoms with Crippen molar-refractivity contribution in [1.82, 2.24) is 10.2 Å². The molecule has 106 valence electrons. The van der Waals surface area contributed by atoms with Gasteiger partial charge in [-0.1, -0.05) is 32.6 Å². The largest absolute Gasteiger partial charge is 0.320 e. The fraction of sp³-hybridized carbons (Fsp3) is 1.00. The molecule has 0 spiro atoms. The lowest BCUT2D eigenvalue weighted by atomic mass is 9.82. The first kappa shape index (κ1) is 14.3. The van der Waals surface area contributed by atoms with Crippen molar-refractivity contribution in [3.8, 4) is 0 Å². The summed E-state index contributed by atoms with van der Waals surface area (Å²) in [7, 11) is 2.08. The zero-order chi connectivity index (χ0) is 12.8. The van der Waals surface area contributed by atoms with E-state index in [1.807, 2.05) is 0 Å². The number of piperidine rings is 1. The zero-order valence-corrected chi connectivity index (χ0v) is 12.5. The maximum absolute atomic E-state index is 3.33. The van der Waals surface area contributed by atoms with Crippen LogP contribution in [0.15, 0.2) is 0 Å². The second kappa shape index (κ2) is 7.49. The van der Waals surface area contributed by atoms with Crippen LogP contribution in [0.25, 0.3) is 0 Å². The van der Waals surface area contributed by atoms with E-state index in [1.54, 1.807) is 0 Å². The van der Waals surface area contributed by atoms with E-state index in [0.717, 1.165) is 18.0 Å². The monoisotopic (exact) mass is 252 g/mol. The van der Waals surface area contributed by atoms with Gasteiger partial charge in [0.1, 0.15) is 0 Å². The van der Waals surface area contributed by atoms with Gasteiger partial charge in [0, 0.05) is 12.1 Å². The Bertz CT molecular complexity index is 229. The molecule has 2 rings (SSSR count). The van der Waals surface area contributed by atoms with Crippen molar-refractivity contribution in [3.63, 3.8) is 0 Å². The van der Waals surface area contributed by atoms with Crippen LogP contribution in [0.4, 0.5) is 0 Å². The summed E-state index contributed by atoms with van der Waals surface area (Å²) >= 11 is 0. The van der Waals surface area contributed by atoms with Crippen LogP contribution in [0, 0.1) is 5.92 Å². The van der Waals surface area contributed by atoms with Crippen molar-refractivity contribution < 1.29 is 0 Å². The number of hydrogen-bond donors (Lipinski definition) is 1. The Morgan fingerprint density at radius 2 is 2.00 bits per heavy atom. The second-order valence-corrected chi connectivity index (χ2v) is 6.37. The van der Waals surface area contributed by atoms with E-state index >= 15 is 0 Å². The summed E-state index contributed by atoms with van der Waals surface area (Å²) in [6, 6.07) is 1.78. The normalized spacial score (nSPS) is 34.7. The summed E-state index contributed by atoms with van der Waals surface area (Å²) in [5.74, 6) is 1.01. The Morgan fingerprint density at radius 1 is 1.11 bits per heavy atom. The predicted molar refractivity (Wildman–Crippen MR) is 78.9 cm³/mol. The van der Waals surface area contributed by atoms with Crippen LogP contribution < -0.4 is 5.32 Å². The van der Waals surface area contributed by atoms with Crippen LogP contribution in [-0.2, 0) is 0 Å². The molecule has 1 aliphatic carbocycles. The zero-order valence-electron chi connectivity index (χ0n) is 12.5. The van der Waals surface area contributed by atoms with Crippen molar-refractivity contribution in [2.24, 2.45) is 5.92 Å². The Balaban J connectivity index is 1.90. The highest BCUT2D eigenvalue weighted by atomic mass is 15.2. The van der Waals surface area contributed by atoms with E-state index in [2.05, 4.69) is 24.2 Å². The quantitative estimate of drug-likeness (QED) is 0.806. The second-order valence-electron chi connectivity index (χ2n) is 6.37. The fourth-order valence-corrected chi connectivity index (χ4v) is 4.06. The molecule has 18 heavy (non-hydrogen) atoms. The third kappa shape index (κ3) is 3.71. The molecule has 0 aromatic rings. The van der Waals surface area contributed by atoms with Crippen molar-refractivity contribution in [2.75, 3.05) is 20.1 Å². The molecule has 3 unspecified atom stereocenters. The highest BCUT2D eigenvalue weighted by molar-refractivity contribution is 4.86. The van der Waals surface area contributed by atoms with E-state index in [0.29, 0.717) is 0 Å². The Kier molecular flexibility index (Phi) is 5.97. The van der Waals surface area contributed by atoms with Crippen molar-refractivity contribution in [2.45, 2.75) is 76.8 Å². The average molecular weight is 252 g/mol. The number of nitrogens with zero attached hydrogens (tertiary/aromatic N) is 1. The van der Waals surface area contributed by atoms with Gasteiger partial charge < -0.3 is 5.32 Å². The van der Waals surface area contributed by atoms with Crippen LogP contribution in [0.3, 0.4) is 0 Å².